The molecule has 1 aliphatic carbocycles. The van der Waals surface area contributed by atoms with E-state index in [1.165, 1.54) is 0 Å². The van der Waals surface area contributed by atoms with E-state index >= 15 is 0 Å². The van der Waals surface area contributed by atoms with Gasteiger partial charge in [0.1, 0.15) is 0 Å². The van der Waals surface area contributed by atoms with E-state index < -0.39 is 0 Å². The Kier molecular flexibility index (Phi) is 3.69. The van der Waals surface area contributed by atoms with Gasteiger partial charge >= 0.3 is 0 Å². The zero-order valence-corrected chi connectivity index (χ0v) is 14.2. The molecule has 0 fully saturated rings. The Morgan fingerprint density at radius 1 is 0.808 bits per heavy atom. The van der Waals surface area contributed by atoms with Crippen molar-refractivity contribution in [2.45, 2.75) is 12.3 Å². The Bertz CT molecular complexity index is 848. The number of benzene rings is 2. The Hall–Kier alpha value is -2.44. The van der Waals surface area contributed by atoms with Crippen LogP contribution < -0.4 is 18.9 Å². The van der Waals surface area contributed by atoms with Gasteiger partial charge in [0.25, 0.3) is 0 Å². The quantitative estimate of drug-likeness (QED) is 0.877. The highest BCUT2D eigenvalue weighted by Gasteiger charge is 2.39. The molecule has 2 aliphatic heterocycles. The van der Waals surface area contributed by atoms with Crippen LogP contribution in [0.5, 0.6) is 23.0 Å². The fraction of sp³-hybridized carbons (Fsp3) is 0.400. The van der Waals surface area contributed by atoms with E-state index in [0.29, 0.717) is 12.2 Å². The number of hydrogen-bond donors (Lipinski definition) is 2. The number of fused-ring (bicyclic) bond motifs is 3. The first kappa shape index (κ1) is 15.8. The van der Waals surface area contributed by atoms with Crippen LogP contribution >= 0.6 is 0 Å². The van der Waals surface area contributed by atoms with Crippen LogP contribution in [0.1, 0.15) is 22.6 Å². The maximum absolute atomic E-state index is 10.1. The Balaban J connectivity index is 1.66. The summed E-state index contributed by atoms with van der Waals surface area (Å²) in [5.41, 5.74) is 3.27. The smallest absolute Gasteiger partial charge is 0.231 e. The summed E-state index contributed by atoms with van der Waals surface area (Å²) in [4.78, 5) is 0. The lowest BCUT2D eigenvalue weighted by molar-refractivity contribution is 0.101. The van der Waals surface area contributed by atoms with Crippen LogP contribution in [-0.2, 0) is 6.42 Å². The normalized spacial score (nSPS) is 25.2. The van der Waals surface area contributed by atoms with Crippen molar-refractivity contribution < 1.29 is 29.2 Å². The minimum absolute atomic E-state index is 0.00177. The van der Waals surface area contributed by atoms with Gasteiger partial charge in [0.05, 0.1) is 0 Å². The number of aliphatic hydroxyl groups is 2. The molecule has 2 aromatic carbocycles. The van der Waals surface area contributed by atoms with Crippen LogP contribution in [0.15, 0.2) is 30.3 Å². The van der Waals surface area contributed by atoms with Crippen molar-refractivity contribution >= 4 is 0 Å². The monoisotopic (exact) mass is 356 g/mol. The van der Waals surface area contributed by atoms with Gasteiger partial charge < -0.3 is 29.2 Å². The van der Waals surface area contributed by atoms with Crippen LogP contribution in [0, 0.1) is 11.8 Å². The molecule has 26 heavy (non-hydrogen) atoms. The summed E-state index contributed by atoms with van der Waals surface area (Å²) in [6.07, 6.45) is 0.703. The van der Waals surface area contributed by atoms with Crippen LogP contribution in [0.3, 0.4) is 0 Å². The Morgan fingerprint density at radius 3 is 2.23 bits per heavy atom. The largest absolute Gasteiger partial charge is 0.454 e. The molecule has 0 amide bonds. The maximum Gasteiger partial charge on any atom is 0.231 e. The lowest BCUT2D eigenvalue weighted by Crippen LogP contribution is -2.35. The number of rotatable bonds is 3. The standard InChI is InChI=1S/C20H20O6/c21-7-13-3-12-5-18-19(26-10-25-18)6-14(12)20(15(13)8-22)11-1-2-16-17(4-11)24-9-23-16/h1-2,4-6,13,15,20-22H,3,7-10H2/t13-,15-,20-/m1/s1. The van der Waals surface area contributed by atoms with Crippen molar-refractivity contribution in [3.8, 4) is 23.0 Å². The van der Waals surface area contributed by atoms with E-state index in [1.54, 1.807) is 0 Å². The summed E-state index contributed by atoms with van der Waals surface area (Å²) in [5.74, 6) is 2.74. The second kappa shape index (κ2) is 6.07. The predicted molar refractivity (Wildman–Crippen MR) is 91.8 cm³/mol. The summed E-state index contributed by atoms with van der Waals surface area (Å²) in [6, 6.07) is 9.91. The highest BCUT2D eigenvalue weighted by molar-refractivity contribution is 5.55. The van der Waals surface area contributed by atoms with E-state index in [0.717, 1.165) is 33.9 Å². The third-order valence-electron chi connectivity index (χ3n) is 5.69. The summed E-state index contributed by atoms with van der Waals surface area (Å²) in [6.45, 7) is 0.472. The first-order valence-corrected chi connectivity index (χ1v) is 8.82. The van der Waals surface area contributed by atoms with Gasteiger partial charge in [-0.05, 0) is 59.2 Å². The molecular formula is C20H20O6. The SMILES string of the molecule is OC[C@H]1Cc2cc3c(cc2[C@@H](c2ccc4c(c2)OCO4)[C@@H]1CO)OCO3. The highest BCUT2D eigenvalue weighted by atomic mass is 16.7. The molecule has 2 N–H and O–H groups in total. The van der Waals surface area contributed by atoms with Crippen molar-refractivity contribution in [1.82, 2.24) is 0 Å². The number of aliphatic hydroxyl groups excluding tert-OH is 2. The second-order valence-electron chi connectivity index (χ2n) is 6.99. The molecule has 0 radical (unpaired) electrons. The molecule has 0 bridgehead atoms. The first-order valence-electron chi connectivity index (χ1n) is 8.82. The average Bonchev–Trinajstić information content (AvgIpc) is 3.32. The molecular weight excluding hydrogens is 336 g/mol. The van der Waals surface area contributed by atoms with Gasteiger partial charge in [-0.1, -0.05) is 6.07 Å². The topological polar surface area (TPSA) is 77.4 Å². The molecule has 6 heteroatoms. The summed E-state index contributed by atoms with van der Waals surface area (Å²) < 4.78 is 22.0. The van der Waals surface area contributed by atoms with E-state index in [-0.39, 0.29) is 44.6 Å². The summed E-state index contributed by atoms with van der Waals surface area (Å²) in [7, 11) is 0. The predicted octanol–water partition coefficient (Wildman–Crippen LogP) is 2.05. The lowest BCUT2D eigenvalue weighted by Gasteiger charge is -2.38. The van der Waals surface area contributed by atoms with Gasteiger partial charge in [-0.2, -0.15) is 0 Å². The van der Waals surface area contributed by atoms with E-state index in [9.17, 15) is 10.2 Å². The minimum atomic E-state index is -0.0896. The first-order chi connectivity index (χ1) is 12.8. The molecule has 0 unspecified atom stereocenters. The van der Waals surface area contributed by atoms with Gasteiger partial charge in [-0.3, -0.25) is 0 Å². The van der Waals surface area contributed by atoms with Gasteiger partial charge in [-0.25, -0.2) is 0 Å². The van der Waals surface area contributed by atoms with Crippen LogP contribution in [0.4, 0.5) is 0 Å². The minimum Gasteiger partial charge on any atom is -0.454 e. The number of ether oxygens (including phenoxy) is 4. The van der Waals surface area contributed by atoms with Crippen LogP contribution in [0.25, 0.3) is 0 Å². The Labute approximate surface area is 150 Å². The molecule has 0 saturated carbocycles. The van der Waals surface area contributed by atoms with E-state index in [1.807, 2.05) is 30.3 Å². The summed E-state index contributed by atoms with van der Waals surface area (Å²) in [5, 5.41) is 20.0. The van der Waals surface area contributed by atoms with Crippen molar-refractivity contribution in [3.05, 3.63) is 47.0 Å². The van der Waals surface area contributed by atoms with Crippen LogP contribution in [0.2, 0.25) is 0 Å². The fourth-order valence-electron chi connectivity index (χ4n) is 4.39. The molecule has 3 atom stereocenters. The number of hydrogen-bond acceptors (Lipinski definition) is 6. The molecule has 5 rings (SSSR count). The molecule has 2 heterocycles. The zero-order valence-electron chi connectivity index (χ0n) is 14.2. The van der Waals surface area contributed by atoms with E-state index in [2.05, 4.69) is 0 Å². The molecule has 136 valence electrons. The average molecular weight is 356 g/mol. The Morgan fingerprint density at radius 2 is 1.50 bits per heavy atom. The molecule has 0 saturated heterocycles. The van der Waals surface area contributed by atoms with E-state index in [4.69, 9.17) is 18.9 Å². The zero-order chi connectivity index (χ0) is 17.7. The van der Waals surface area contributed by atoms with Crippen molar-refractivity contribution in [3.63, 3.8) is 0 Å². The van der Waals surface area contributed by atoms with Crippen LogP contribution in [-0.4, -0.2) is 37.0 Å². The van der Waals surface area contributed by atoms with Crippen molar-refractivity contribution in [2.75, 3.05) is 26.8 Å². The summed E-state index contributed by atoms with van der Waals surface area (Å²) >= 11 is 0. The molecule has 6 nitrogen and oxygen atoms in total. The van der Waals surface area contributed by atoms with Gasteiger partial charge in [0, 0.05) is 19.1 Å². The van der Waals surface area contributed by atoms with Crippen molar-refractivity contribution in [2.24, 2.45) is 11.8 Å². The van der Waals surface area contributed by atoms with Gasteiger partial charge in [0.2, 0.25) is 13.6 Å². The molecule has 0 aromatic heterocycles. The molecule has 0 spiro atoms. The molecule has 3 aliphatic rings. The molecule has 2 aromatic rings. The van der Waals surface area contributed by atoms with Gasteiger partial charge in [-0.15, -0.1) is 0 Å². The third kappa shape index (κ3) is 2.33. The van der Waals surface area contributed by atoms with Gasteiger partial charge in [0.15, 0.2) is 23.0 Å². The third-order valence-corrected chi connectivity index (χ3v) is 5.69. The lowest BCUT2D eigenvalue weighted by atomic mass is 9.67. The van der Waals surface area contributed by atoms with Crippen molar-refractivity contribution in [1.29, 1.82) is 0 Å². The highest BCUT2D eigenvalue weighted by Crippen LogP contribution is 2.49. The maximum atomic E-state index is 10.1. The fourth-order valence-corrected chi connectivity index (χ4v) is 4.39. The second-order valence-corrected chi connectivity index (χ2v) is 6.99.